The van der Waals surface area contributed by atoms with E-state index < -0.39 is 11.9 Å². The molecule has 0 heterocycles. The van der Waals surface area contributed by atoms with Crippen LogP contribution in [0.4, 0.5) is 0 Å². The van der Waals surface area contributed by atoms with Crippen molar-refractivity contribution in [1.29, 1.82) is 0 Å². The van der Waals surface area contributed by atoms with Crippen LogP contribution in [0.2, 0.25) is 0 Å². The molecule has 0 atom stereocenters. The van der Waals surface area contributed by atoms with E-state index in [0.717, 1.165) is 0 Å². The van der Waals surface area contributed by atoms with Crippen LogP contribution < -0.4 is 5.32 Å². The topological polar surface area (TPSA) is 55.4 Å². The molecule has 0 aromatic heterocycles. The second-order valence-electron chi connectivity index (χ2n) is 1.92. The van der Waals surface area contributed by atoms with Gasteiger partial charge in [0.15, 0.2) is 0 Å². The third-order valence-corrected chi connectivity index (χ3v) is 1.04. The lowest BCUT2D eigenvalue weighted by Crippen LogP contribution is -2.33. The van der Waals surface area contributed by atoms with Crippen molar-refractivity contribution >= 4 is 23.5 Å². The summed E-state index contributed by atoms with van der Waals surface area (Å²) in [6.45, 7) is 5.19. The number of nitrogens with one attached hydrogen (secondary N) is 1. The predicted octanol–water partition coefficient (Wildman–Crippen LogP) is 0.418. The molecule has 68 valence electrons. The Bertz CT molecular complexity index is 203. The maximum atomic E-state index is 10.8. The molecule has 0 saturated heterocycles. The van der Waals surface area contributed by atoms with Gasteiger partial charge >= 0.3 is 11.9 Å². The van der Waals surface area contributed by atoms with Crippen LogP contribution in [-0.2, 0) is 14.3 Å². The third kappa shape index (κ3) is 4.73. The summed E-state index contributed by atoms with van der Waals surface area (Å²) in [6, 6.07) is 0. The van der Waals surface area contributed by atoms with Gasteiger partial charge in [-0.05, 0) is 6.92 Å². The highest BCUT2D eigenvalue weighted by Crippen LogP contribution is 1.92. The van der Waals surface area contributed by atoms with E-state index in [1.54, 1.807) is 6.92 Å². The highest BCUT2D eigenvalue weighted by atomic mass is 35.5. The van der Waals surface area contributed by atoms with Gasteiger partial charge in [0, 0.05) is 5.03 Å². The third-order valence-electron chi connectivity index (χ3n) is 0.902. The van der Waals surface area contributed by atoms with E-state index >= 15 is 0 Å². The summed E-state index contributed by atoms with van der Waals surface area (Å²) >= 11 is 5.34. The lowest BCUT2D eigenvalue weighted by Gasteiger charge is -2.02. The number of halogens is 1. The van der Waals surface area contributed by atoms with Crippen molar-refractivity contribution in [3.63, 3.8) is 0 Å². The fourth-order valence-electron chi connectivity index (χ4n) is 0.445. The Balaban J connectivity index is 3.72. The van der Waals surface area contributed by atoms with Gasteiger partial charge in [0.2, 0.25) is 0 Å². The summed E-state index contributed by atoms with van der Waals surface area (Å²) < 4.78 is 4.41. The summed E-state index contributed by atoms with van der Waals surface area (Å²) in [5.74, 6) is -1.71. The van der Waals surface area contributed by atoms with Gasteiger partial charge in [0.05, 0.1) is 13.2 Å². The lowest BCUT2D eigenvalue weighted by atomic mass is 10.5. The summed E-state index contributed by atoms with van der Waals surface area (Å²) in [5, 5.41) is 2.48. The van der Waals surface area contributed by atoms with Gasteiger partial charge in [-0.3, -0.25) is 4.79 Å². The molecular weight excluding hydrogens is 182 g/mol. The molecule has 0 radical (unpaired) electrons. The smallest absolute Gasteiger partial charge is 0.396 e. The number of hydrogen-bond acceptors (Lipinski definition) is 3. The van der Waals surface area contributed by atoms with Gasteiger partial charge < -0.3 is 10.1 Å². The number of amides is 1. The minimum absolute atomic E-state index is 0.0687. The number of hydrogen-bond donors (Lipinski definition) is 1. The first-order valence-corrected chi connectivity index (χ1v) is 3.74. The van der Waals surface area contributed by atoms with Crippen LogP contribution in [0, 0.1) is 0 Å². The minimum atomic E-state index is -0.907. The average Bonchev–Trinajstić information content (AvgIpc) is 2.00. The number of carbonyl (C=O) groups is 2. The summed E-state index contributed by atoms with van der Waals surface area (Å²) in [7, 11) is 0. The summed E-state index contributed by atoms with van der Waals surface area (Å²) in [6.07, 6.45) is 0. The van der Waals surface area contributed by atoms with E-state index in [2.05, 4.69) is 16.6 Å². The Labute approximate surface area is 75.5 Å². The van der Waals surface area contributed by atoms with E-state index in [1.165, 1.54) is 0 Å². The molecular formula is C7H10ClNO3. The van der Waals surface area contributed by atoms with E-state index in [0.29, 0.717) is 0 Å². The molecule has 0 aliphatic carbocycles. The Morgan fingerprint density at radius 3 is 2.58 bits per heavy atom. The van der Waals surface area contributed by atoms with Crippen molar-refractivity contribution in [3.8, 4) is 0 Å². The Hall–Kier alpha value is -1.03. The monoisotopic (exact) mass is 191 g/mol. The SMILES string of the molecule is C=C(Cl)CNC(=O)C(=O)OCC. The van der Waals surface area contributed by atoms with Crippen LogP contribution in [0.5, 0.6) is 0 Å². The first-order valence-electron chi connectivity index (χ1n) is 3.36. The molecule has 0 spiro atoms. The number of ether oxygens (including phenoxy) is 1. The zero-order chi connectivity index (χ0) is 9.56. The van der Waals surface area contributed by atoms with Crippen molar-refractivity contribution in [2.75, 3.05) is 13.2 Å². The molecule has 0 saturated carbocycles. The molecule has 12 heavy (non-hydrogen) atoms. The normalized spacial score (nSPS) is 8.83. The van der Waals surface area contributed by atoms with Gasteiger partial charge in [-0.15, -0.1) is 0 Å². The molecule has 0 aliphatic heterocycles. The van der Waals surface area contributed by atoms with E-state index in [1.807, 2.05) is 0 Å². The van der Waals surface area contributed by atoms with Crippen LogP contribution >= 0.6 is 11.6 Å². The van der Waals surface area contributed by atoms with Gasteiger partial charge in [-0.1, -0.05) is 18.2 Å². The second kappa shape index (κ2) is 5.60. The van der Waals surface area contributed by atoms with Gasteiger partial charge in [-0.25, -0.2) is 4.79 Å². The summed E-state index contributed by atoms with van der Waals surface area (Å²) in [4.78, 5) is 21.4. The Morgan fingerprint density at radius 1 is 1.58 bits per heavy atom. The molecule has 5 heteroatoms. The van der Waals surface area contributed by atoms with Crippen LogP contribution in [0.3, 0.4) is 0 Å². The average molecular weight is 192 g/mol. The predicted molar refractivity (Wildman–Crippen MR) is 44.6 cm³/mol. The second-order valence-corrected chi connectivity index (χ2v) is 2.45. The Morgan fingerprint density at radius 2 is 2.17 bits per heavy atom. The molecule has 0 aromatic carbocycles. The van der Waals surface area contributed by atoms with Crippen LogP contribution in [0.1, 0.15) is 6.92 Å². The molecule has 4 nitrogen and oxygen atoms in total. The molecule has 0 unspecified atom stereocenters. The molecule has 0 aromatic rings. The standard InChI is InChI=1S/C7H10ClNO3/c1-3-12-7(11)6(10)9-4-5(2)8/h2-4H2,1H3,(H,9,10). The van der Waals surface area contributed by atoms with Gasteiger partial charge in [-0.2, -0.15) is 0 Å². The largest absolute Gasteiger partial charge is 0.459 e. The number of carbonyl (C=O) groups excluding carboxylic acids is 2. The summed E-state index contributed by atoms with van der Waals surface area (Å²) in [5.41, 5.74) is 0. The molecule has 0 fully saturated rings. The fraction of sp³-hybridized carbons (Fsp3) is 0.429. The zero-order valence-electron chi connectivity index (χ0n) is 6.72. The fourth-order valence-corrected chi connectivity index (χ4v) is 0.512. The molecule has 0 aliphatic rings. The number of esters is 1. The lowest BCUT2D eigenvalue weighted by molar-refractivity contribution is -0.154. The van der Waals surface area contributed by atoms with Gasteiger partial charge in [0.25, 0.3) is 0 Å². The van der Waals surface area contributed by atoms with E-state index in [9.17, 15) is 9.59 Å². The first kappa shape index (κ1) is 11.0. The zero-order valence-corrected chi connectivity index (χ0v) is 7.48. The molecule has 0 bridgehead atoms. The molecule has 0 rings (SSSR count). The van der Waals surface area contributed by atoms with Crippen LogP contribution in [-0.4, -0.2) is 25.0 Å². The quantitative estimate of drug-likeness (QED) is 0.520. The first-order chi connectivity index (χ1) is 5.57. The van der Waals surface area contributed by atoms with Crippen molar-refractivity contribution in [2.24, 2.45) is 0 Å². The van der Waals surface area contributed by atoms with E-state index in [4.69, 9.17) is 11.6 Å². The number of rotatable bonds is 3. The van der Waals surface area contributed by atoms with E-state index in [-0.39, 0.29) is 18.2 Å². The molecule has 1 amide bonds. The highest BCUT2D eigenvalue weighted by molar-refractivity contribution is 6.33. The van der Waals surface area contributed by atoms with Crippen molar-refractivity contribution < 1.29 is 14.3 Å². The van der Waals surface area contributed by atoms with Gasteiger partial charge in [0.1, 0.15) is 0 Å². The van der Waals surface area contributed by atoms with Crippen molar-refractivity contribution in [1.82, 2.24) is 5.32 Å². The maximum Gasteiger partial charge on any atom is 0.396 e. The minimum Gasteiger partial charge on any atom is -0.459 e. The highest BCUT2D eigenvalue weighted by Gasteiger charge is 2.13. The Kier molecular flexibility index (Phi) is 5.12. The molecule has 1 N–H and O–H groups in total. The van der Waals surface area contributed by atoms with Crippen molar-refractivity contribution in [3.05, 3.63) is 11.6 Å². The van der Waals surface area contributed by atoms with Crippen molar-refractivity contribution in [2.45, 2.75) is 6.92 Å². The van der Waals surface area contributed by atoms with Crippen LogP contribution in [0.15, 0.2) is 11.6 Å². The van der Waals surface area contributed by atoms with Crippen LogP contribution in [0.25, 0.3) is 0 Å². The maximum absolute atomic E-state index is 10.8.